The predicted molar refractivity (Wildman–Crippen MR) is 105 cm³/mol. The van der Waals surface area contributed by atoms with E-state index in [2.05, 4.69) is 11.3 Å². The van der Waals surface area contributed by atoms with Crippen LogP contribution in [0.5, 0.6) is 0 Å². The van der Waals surface area contributed by atoms with E-state index in [9.17, 15) is 4.79 Å². The highest BCUT2D eigenvalue weighted by Gasteiger charge is 2.24. The summed E-state index contributed by atoms with van der Waals surface area (Å²) < 4.78 is 2.00. The SMILES string of the molecule is Cc1cnn(C2CCCN(C(=O)CCc3ccccc3N)C2)c1.Cl.Cl. The van der Waals surface area contributed by atoms with Gasteiger partial charge in [0, 0.05) is 31.4 Å². The molecule has 3 rings (SSSR count). The predicted octanol–water partition coefficient (Wildman–Crippen LogP) is 3.41. The molecule has 1 aliphatic heterocycles. The molecule has 7 heteroatoms. The van der Waals surface area contributed by atoms with Crippen molar-refractivity contribution in [2.24, 2.45) is 0 Å². The number of hydrogen-bond acceptors (Lipinski definition) is 3. The van der Waals surface area contributed by atoms with Crippen molar-refractivity contribution in [2.45, 2.75) is 38.6 Å². The number of nitrogen functional groups attached to an aromatic ring is 1. The second kappa shape index (κ2) is 9.68. The Morgan fingerprint density at radius 3 is 2.76 bits per heavy atom. The third-order valence-corrected chi connectivity index (χ3v) is 4.52. The maximum atomic E-state index is 12.5. The summed E-state index contributed by atoms with van der Waals surface area (Å²) in [4.78, 5) is 14.5. The van der Waals surface area contributed by atoms with Gasteiger partial charge >= 0.3 is 0 Å². The Labute approximate surface area is 161 Å². The average Bonchev–Trinajstić information content (AvgIpc) is 3.00. The van der Waals surface area contributed by atoms with Crippen LogP contribution in [0.15, 0.2) is 36.7 Å². The molecule has 2 heterocycles. The van der Waals surface area contributed by atoms with E-state index in [1.807, 2.05) is 47.0 Å². The highest BCUT2D eigenvalue weighted by Crippen LogP contribution is 2.22. The zero-order valence-corrected chi connectivity index (χ0v) is 16.1. The second-order valence-electron chi connectivity index (χ2n) is 6.33. The molecule has 0 aliphatic carbocycles. The number of aromatic nitrogens is 2. The van der Waals surface area contributed by atoms with Crippen molar-refractivity contribution >= 4 is 36.4 Å². The topological polar surface area (TPSA) is 64.2 Å². The molecule has 5 nitrogen and oxygen atoms in total. The third-order valence-electron chi connectivity index (χ3n) is 4.52. The van der Waals surface area contributed by atoms with Crippen LogP contribution in [-0.4, -0.2) is 33.7 Å². The standard InChI is InChI=1S/C18H24N4O.2ClH/c1-14-11-20-22(12-14)16-6-4-10-21(13-16)18(23)9-8-15-5-2-3-7-17(15)19;;/h2-3,5,7,11-12,16H,4,6,8-10,13,19H2,1H3;2*1H. The number of piperidine rings is 1. The molecule has 138 valence electrons. The van der Waals surface area contributed by atoms with Gasteiger partial charge in [0.15, 0.2) is 0 Å². The minimum atomic E-state index is 0. The highest BCUT2D eigenvalue weighted by atomic mass is 35.5. The van der Waals surface area contributed by atoms with Crippen molar-refractivity contribution in [1.82, 2.24) is 14.7 Å². The number of carbonyl (C=O) groups excluding carboxylic acids is 1. The minimum Gasteiger partial charge on any atom is -0.399 e. The molecule has 2 aromatic rings. The van der Waals surface area contributed by atoms with Crippen LogP contribution in [0.25, 0.3) is 0 Å². The normalized spacial score (nSPS) is 16.7. The van der Waals surface area contributed by atoms with E-state index >= 15 is 0 Å². The number of halogens is 2. The molecule has 0 radical (unpaired) electrons. The minimum absolute atomic E-state index is 0. The van der Waals surface area contributed by atoms with E-state index in [4.69, 9.17) is 5.73 Å². The van der Waals surface area contributed by atoms with Crippen LogP contribution in [0.3, 0.4) is 0 Å². The Morgan fingerprint density at radius 2 is 2.08 bits per heavy atom. The fourth-order valence-corrected chi connectivity index (χ4v) is 3.19. The number of para-hydroxylation sites is 1. The van der Waals surface area contributed by atoms with Crippen molar-refractivity contribution in [3.05, 3.63) is 47.8 Å². The summed E-state index contributed by atoms with van der Waals surface area (Å²) in [6.07, 6.45) is 7.26. The van der Waals surface area contributed by atoms with Crippen LogP contribution in [0, 0.1) is 6.92 Å². The van der Waals surface area contributed by atoms with Crippen LogP contribution in [0.4, 0.5) is 5.69 Å². The van der Waals surface area contributed by atoms with Gasteiger partial charge in [-0.25, -0.2) is 0 Å². The maximum absolute atomic E-state index is 12.5. The van der Waals surface area contributed by atoms with Crippen molar-refractivity contribution in [1.29, 1.82) is 0 Å². The van der Waals surface area contributed by atoms with Crippen LogP contribution in [0.2, 0.25) is 0 Å². The monoisotopic (exact) mass is 384 g/mol. The van der Waals surface area contributed by atoms with E-state index < -0.39 is 0 Å². The number of likely N-dealkylation sites (tertiary alicyclic amines) is 1. The Kier molecular flexibility index (Phi) is 8.26. The van der Waals surface area contributed by atoms with E-state index in [0.717, 1.165) is 42.7 Å². The Morgan fingerprint density at radius 1 is 1.32 bits per heavy atom. The Hall–Kier alpha value is -1.72. The molecule has 1 unspecified atom stereocenters. The quantitative estimate of drug-likeness (QED) is 0.821. The molecular weight excluding hydrogens is 359 g/mol. The number of benzene rings is 1. The zero-order valence-electron chi connectivity index (χ0n) is 14.4. The van der Waals surface area contributed by atoms with E-state index in [1.165, 1.54) is 0 Å². The van der Waals surface area contributed by atoms with Gasteiger partial charge in [-0.05, 0) is 43.4 Å². The molecule has 0 spiro atoms. The molecule has 1 aromatic carbocycles. The first kappa shape index (κ1) is 21.3. The summed E-state index contributed by atoms with van der Waals surface area (Å²) in [6.45, 7) is 3.64. The van der Waals surface area contributed by atoms with E-state index in [-0.39, 0.29) is 30.7 Å². The van der Waals surface area contributed by atoms with Gasteiger partial charge < -0.3 is 10.6 Å². The van der Waals surface area contributed by atoms with Gasteiger partial charge in [-0.15, -0.1) is 24.8 Å². The van der Waals surface area contributed by atoms with Crippen molar-refractivity contribution in [2.75, 3.05) is 18.8 Å². The number of nitrogens with two attached hydrogens (primary N) is 1. The summed E-state index contributed by atoms with van der Waals surface area (Å²) in [7, 11) is 0. The summed E-state index contributed by atoms with van der Waals surface area (Å²) >= 11 is 0. The van der Waals surface area contributed by atoms with Crippen LogP contribution >= 0.6 is 24.8 Å². The number of carbonyl (C=O) groups is 1. The largest absolute Gasteiger partial charge is 0.399 e. The first-order valence-electron chi connectivity index (χ1n) is 8.25. The molecule has 0 saturated carbocycles. The van der Waals surface area contributed by atoms with Crippen LogP contribution < -0.4 is 5.73 Å². The summed E-state index contributed by atoms with van der Waals surface area (Å²) in [6, 6.07) is 8.06. The fraction of sp³-hybridized carbons (Fsp3) is 0.444. The Bertz CT molecular complexity index is 689. The lowest BCUT2D eigenvalue weighted by Crippen LogP contribution is -2.41. The number of hydrogen-bond donors (Lipinski definition) is 1. The Balaban J connectivity index is 0.00000156. The molecule has 1 aliphatic rings. The molecular formula is C18H26Cl2N4O. The van der Waals surface area contributed by atoms with Crippen LogP contribution in [-0.2, 0) is 11.2 Å². The fourth-order valence-electron chi connectivity index (χ4n) is 3.19. The zero-order chi connectivity index (χ0) is 16.2. The maximum Gasteiger partial charge on any atom is 0.222 e. The van der Waals surface area contributed by atoms with Gasteiger partial charge in [0.2, 0.25) is 5.91 Å². The molecule has 1 amide bonds. The lowest BCUT2D eigenvalue weighted by atomic mass is 10.0. The van der Waals surface area contributed by atoms with E-state index in [0.29, 0.717) is 18.9 Å². The van der Waals surface area contributed by atoms with Gasteiger partial charge in [-0.1, -0.05) is 18.2 Å². The highest BCUT2D eigenvalue weighted by molar-refractivity contribution is 5.85. The molecule has 1 saturated heterocycles. The van der Waals surface area contributed by atoms with Crippen molar-refractivity contribution in [3.63, 3.8) is 0 Å². The summed E-state index contributed by atoms with van der Waals surface area (Å²) in [5, 5.41) is 4.40. The van der Waals surface area contributed by atoms with Crippen LogP contribution in [0.1, 0.15) is 36.4 Å². The molecule has 1 aromatic heterocycles. The average molecular weight is 385 g/mol. The first-order valence-corrected chi connectivity index (χ1v) is 8.25. The molecule has 1 fully saturated rings. The van der Waals surface area contributed by atoms with Gasteiger partial charge in [0.25, 0.3) is 0 Å². The third kappa shape index (κ3) is 5.38. The first-order chi connectivity index (χ1) is 11.1. The van der Waals surface area contributed by atoms with Gasteiger partial charge in [0.1, 0.15) is 0 Å². The summed E-state index contributed by atoms with van der Waals surface area (Å²) in [5.74, 6) is 0.210. The number of amides is 1. The number of anilines is 1. The number of nitrogens with zero attached hydrogens (tertiary/aromatic N) is 3. The van der Waals surface area contributed by atoms with Gasteiger partial charge in [-0.2, -0.15) is 5.10 Å². The molecule has 0 bridgehead atoms. The molecule has 25 heavy (non-hydrogen) atoms. The van der Waals surface area contributed by atoms with Gasteiger partial charge in [-0.3, -0.25) is 9.48 Å². The lowest BCUT2D eigenvalue weighted by molar-refractivity contribution is -0.132. The lowest BCUT2D eigenvalue weighted by Gasteiger charge is -2.33. The number of aryl methyl sites for hydroxylation is 2. The van der Waals surface area contributed by atoms with E-state index in [1.54, 1.807) is 0 Å². The summed E-state index contributed by atoms with van der Waals surface area (Å²) in [5.41, 5.74) is 8.93. The van der Waals surface area contributed by atoms with Crippen molar-refractivity contribution in [3.8, 4) is 0 Å². The van der Waals surface area contributed by atoms with Crippen molar-refractivity contribution < 1.29 is 4.79 Å². The van der Waals surface area contributed by atoms with Gasteiger partial charge in [0.05, 0.1) is 12.2 Å². The molecule has 2 N–H and O–H groups in total. The smallest absolute Gasteiger partial charge is 0.222 e. The molecule has 1 atom stereocenters. The number of rotatable bonds is 4. The second-order valence-corrected chi connectivity index (χ2v) is 6.33.